The Hall–Kier alpha value is -1.06. The number of thiazole rings is 1. The molecule has 0 spiro atoms. The van der Waals surface area contributed by atoms with Crippen molar-refractivity contribution >= 4 is 22.9 Å². The predicted octanol–water partition coefficient (Wildman–Crippen LogP) is 4.12. The fourth-order valence-corrected chi connectivity index (χ4v) is 2.66. The number of ether oxygens (including phenoxy) is 1. The number of aromatic nitrogens is 1. The summed E-state index contributed by atoms with van der Waals surface area (Å²) in [6.07, 6.45) is 0.828. The summed E-state index contributed by atoms with van der Waals surface area (Å²) < 4.78 is 5.80. The van der Waals surface area contributed by atoms with Gasteiger partial charge in [0.1, 0.15) is 5.75 Å². The molecule has 0 aliphatic rings. The Labute approximate surface area is 117 Å². The molecule has 0 amide bonds. The highest BCUT2D eigenvalue weighted by molar-refractivity contribution is 7.09. The van der Waals surface area contributed by atoms with Gasteiger partial charge in [0.25, 0.3) is 0 Å². The molecule has 4 heteroatoms. The molecule has 0 radical (unpaired) electrons. The van der Waals surface area contributed by atoms with Crippen LogP contribution in [0.5, 0.6) is 5.75 Å². The summed E-state index contributed by atoms with van der Waals surface area (Å²) in [4.78, 5) is 4.41. The molecule has 0 N–H and O–H groups in total. The Bertz CT molecular complexity index is 524. The number of hydrogen-bond acceptors (Lipinski definition) is 3. The van der Waals surface area contributed by atoms with Crippen molar-refractivity contribution in [2.45, 2.75) is 26.1 Å². The highest BCUT2D eigenvalue weighted by Crippen LogP contribution is 2.21. The molecule has 2 nitrogen and oxygen atoms in total. The van der Waals surface area contributed by atoms with Crippen LogP contribution in [0, 0.1) is 13.8 Å². The summed E-state index contributed by atoms with van der Waals surface area (Å²) in [5.41, 5.74) is 3.41. The summed E-state index contributed by atoms with van der Waals surface area (Å²) in [5, 5.41) is 3.08. The molecule has 1 aromatic carbocycles. The molecule has 0 fully saturated rings. The van der Waals surface area contributed by atoms with Crippen molar-refractivity contribution in [3.63, 3.8) is 0 Å². The van der Waals surface area contributed by atoms with Gasteiger partial charge in [0.15, 0.2) is 0 Å². The van der Waals surface area contributed by atoms with Crippen LogP contribution in [0.2, 0.25) is 0 Å². The lowest BCUT2D eigenvalue weighted by Gasteiger charge is -2.09. The van der Waals surface area contributed by atoms with Gasteiger partial charge in [-0.3, -0.25) is 0 Å². The summed E-state index contributed by atoms with van der Waals surface area (Å²) >= 11 is 7.36. The van der Waals surface area contributed by atoms with Gasteiger partial charge in [-0.2, -0.15) is 0 Å². The van der Waals surface area contributed by atoms with Gasteiger partial charge in [-0.1, -0.05) is 12.1 Å². The normalized spacial score (nSPS) is 10.6. The van der Waals surface area contributed by atoms with E-state index in [1.54, 1.807) is 11.3 Å². The van der Waals surface area contributed by atoms with Crippen LogP contribution in [0.1, 0.15) is 21.8 Å². The second-order valence-electron chi connectivity index (χ2n) is 4.16. The lowest BCUT2D eigenvalue weighted by atomic mass is 10.1. The van der Waals surface area contributed by atoms with Crippen LogP contribution in [0.15, 0.2) is 23.6 Å². The largest absolute Gasteiger partial charge is 0.493 e. The molecule has 1 heterocycles. The minimum Gasteiger partial charge on any atom is -0.493 e. The van der Waals surface area contributed by atoms with Crippen molar-refractivity contribution < 1.29 is 4.74 Å². The fourth-order valence-electron chi connectivity index (χ4n) is 1.65. The van der Waals surface area contributed by atoms with E-state index < -0.39 is 0 Å². The minimum absolute atomic E-state index is 0.481. The lowest BCUT2D eigenvalue weighted by molar-refractivity contribution is 0.319. The number of benzene rings is 1. The van der Waals surface area contributed by atoms with Crippen molar-refractivity contribution in [3.05, 3.63) is 45.4 Å². The predicted molar refractivity (Wildman–Crippen MR) is 76.8 cm³/mol. The van der Waals surface area contributed by atoms with Gasteiger partial charge in [0.05, 0.1) is 23.2 Å². The second-order valence-corrected chi connectivity index (χ2v) is 5.37. The van der Waals surface area contributed by atoms with E-state index in [0.717, 1.165) is 22.9 Å². The van der Waals surface area contributed by atoms with Crippen molar-refractivity contribution in [2.24, 2.45) is 0 Å². The third-order valence-corrected chi connectivity index (χ3v) is 4.10. The van der Waals surface area contributed by atoms with Crippen LogP contribution in [0.25, 0.3) is 0 Å². The van der Waals surface area contributed by atoms with Crippen molar-refractivity contribution in [2.75, 3.05) is 6.61 Å². The number of hydrogen-bond donors (Lipinski definition) is 0. The van der Waals surface area contributed by atoms with E-state index in [2.05, 4.69) is 24.9 Å². The van der Waals surface area contributed by atoms with Crippen molar-refractivity contribution in [1.29, 1.82) is 0 Å². The molecule has 0 aliphatic carbocycles. The van der Waals surface area contributed by atoms with Crippen LogP contribution in [-0.4, -0.2) is 11.6 Å². The zero-order chi connectivity index (χ0) is 13.0. The smallest absolute Gasteiger partial charge is 0.122 e. The van der Waals surface area contributed by atoms with Gasteiger partial charge in [0, 0.05) is 11.8 Å². The Balaban J connectivity index is 1.90. The zero-order valence-corrected chi connectivity index (χ0v) is 12.1. The summed E-state index contributed by atoms with van der Waals surface area (Å²) in [6, 6.07) is 6.12. The van der Waals surface area contributed by atoms with Gasteiger partial charge >= 0.3 is 0 Å². The van der Waals surface area contributed by atoms with E-state index in [4.69, 9.17) is 16.3 Å². The maximum atomic E-state index is 5.80. The first-order chi connectivity index (χ1) is 8.70. The van der Waals surface area contributed by atoms with Crippen LogP contribution < -0.4 is 4.74 Å². The quantitative estimate of drug-likeness (QED) is 0.769. The van der Waals surface area contributed by atoms with Crippen molar-refractivity contribution in [3.8, 4) is 5.75 Å². The maximum Gasteiger partial charge on any atom is 0.122 e. The first-order valence-electron chi connectivity index (χ1n) is 5.89. The van der Waals surface area contributed by atoms with Gasteiger partial charge in [0.2, 0.25) is 0 Å². The first-order valence-corrected chi connectivity index (χ1v) is 7.30. The summed E-state index contributed by atoms with van der Waals surface area (Å²) in [5.74, 6) is 1.44. The highest BCUT2D eigenvalue weighted by atomic mass is 35.5. The number of halogens is 1. The van der Waals surface area contributed by atoms with Gasteiger partial charge < -0.3 is 4.74 Å². The second kappa shape index (κ2) is 6.21. The first kappa shape index (κ1) is 13.4. The molecular formula is C14H16ClNOS. The molecule has 0 saturated carbocycles. The molecular weight excluding hydrogens is 266 g/mol. The van der Waals surface area contributed by atoms with Gasteiger partial charge in [-0.15, -0.1) is 22.9 Å². The summed E-state index contributed by atoms with van der Waals surface area (Å²) in [7, 11) is 0. The third-order valence-electron chi connectivity index (χ3n) is 2.86. The SMILES string of the molecule is Cc1cccc(OCCc2nc(CCl)cs2)c1C. The summed E-state index contributed by atoms with van der Waals surface area (Å²) in [6.45, 7) is 4.83. The molecule has 96 valence electrons. The topological polar surface area (TPSA) is 22.1 Å². The number of nitrogens with zero attached hydrogens (tertiary/aromatic N) is 1. The average molecular weight is 282 g/mol. The van der Waals surface area contributed by atoms with Gasteiger partial charge in [-0.05, 0) is 31.0 Å². The fraction of sp³-hybridized carbons (Fsp3) is 0.357. The zero-order valence-electron chi connectivity index (χ0n) is 10.6. The molecule has 0 aliphatic heterocycles. The van der Waals surface area contributed by atoms with E-state index in [-0.39, 0.29) is 0 Å². The van der Waals surface area contributed by atoms with E-state index in [9.17, 15) is 0 Å². The molecule has 18 heavy (non-hydrogen) atoms. The van der Waals surface area contributed by atoms with E-state index in [0.29, 0.717) is 12.5 Å². The monoisotopic (exact) mass is 281 g/mol. The minimum atomic E-state index is 0.481. The van der Waals surface area contributed by atoms with Crippen LogP contribution in [-0.2, 0) is 12.3 Å². The number of aryl methyl sites for hydroxylation is 1. The van der Waals surface area contributed by atoms with Crippen LogP contribution in [0.4, 0.5) is 0 Å². The third kappa shape index (κ3) is 3.24. The molecule has 0 bridgehead atoms. The molecule has 2 aromatic rings. The average Bonchev–Trinajstić information content (AvgIpc) is 2.82. The maximum absolute atomic E-state index is 5.80. The Morgan fingerprint density at radius 3 is 2.89 bits per heavy atom. The van der Waals surface area contributed by atoms with E-state index in [1.807, 2.05) is 17.5 Å². The number of alkyl halides is 1. The molecule has 0 atom stereocenters. The molecule has 0 saturated heterocycles. The Morgan fingerprint density at radius 2 is 2.17 bits per heavy atom. The highest BCUT2D eigenvalue weighted by Gasteiger charge is 2.04. The van der Waals surface area contributed by atoms with Crippen molar-refractivity contribution in [1.82, 2.24) is 4.98 Å². The molecule has 0 unspecified atom stereocenters. The van der Waals surface area contributed by atoms with Gasteiger partial charge in [-0.25, -0.2) is 4.98 Å². The van der Waals surface area contributed by atoms with Crippen LogP contribution >= 0.6 is 22.9 Å². The molecule has 2 rings (SSSR count). The molecule has 1 aromatic heterocycles. The van der Waals surface area contributed by atoms with E-state index in [1.165, 1.54) is 11.1 Å². The Morgan fingerprint density at radius 1 is 1.33 bits per heavy atom. The number of rotatable bonds is 5. The standard InChI is InChI=1S/C14H16ClNOS/c1-10-4-3-5-13(11(10)2)17-7-6-14-16-12(8-15)9-18-14/h3-5,9H,6-8H2,1-2H3. The van der Waals surface area contributed by atoms with Crippen LogP contribution in [0.3, 0.4) is 0 Å². The lowest BCUT2D eigenvalue weighted by Crippen LogP contribution is -2.02. The van der Waals surface area contributed by atoms with E-state index >= 15 is 0 Å². The Kier molecular flexibility index (Phi) is 4.61.